The largest absolute Gasteiger partial charge is 0.403 e. The molecule has 8 heteroatoms. The normalized spacial score (nSPS) is 13.8. The molecule has 0 radical (unpaired) electrons. The molecule has 0 atom stereocenters. The van der Waals surface area contributed by atoms with Crippen molar-refractivity contribution in [1.29, 1.82) is 0 Å². The number of aromatic nitrogens is 3. The second kappa shape index (κ2) is 9.84. The van der Waals surface area contributed by atoms with Crippen molar-refractivity contribution in [2.75, 3.05) is 36.5 Å². The van der Waals surface area contributed by atoms with Crippen LogP contribution in [-0.2, 0) is 10.5 Å². The van der Waals surface area contributed by atoms with Crippen LogP contribution in [0, 0.1) is 0 Å². The fraction of sp³-hybridized carbons (Fsp3) is 0.208. The maximum absolute atomic E-state index is 5.89. The van der Waals surface area contributed by atoms with Gasteiger partial charge in [0.15, 0.2) is 0 Å². The standard InChI is InChI=1S/C24H23N5O2S/c1-2-6-19(7-3-1)26-24-28-27-23(31-24)20-8-4-5-9-21(20)32-17-18-10-11-25-22(16-18)29-12-14-30-15-13-29/h1-11,16H,12-15,17H2,(H,26,28). The summed E-state index contributed by atoms with van der Waals surface area (Å²) in [4.78, 5) is 7.90. The van der Waals surface area contributed by atoms with Gasteiger partial charge < -0.3 is 19.4 Å². The van der Waals surface area contributed by atoms with E-state index in [4.69, 9.17) is 9.15 Å². The van der Waals surface area contributed by atoms with Gasteiger partial charge in [-0.2, -0.15) is 0 Å². The Labute approximate surface area is 190 Å². The summed E-state index contributed by atoms with van der Waals surface area (Å²) in [6.45, 7) is 3.25. The predicted molar refractivity (Wildman–Crippen MR) is 126 cm³/mol. The summed E-state index contributed by atoms with van der Waals surface area (Å²) >= 11 is 1.74. The van der Waals surface area contributed by atoms with Crippen LogP contribution in [0.4, 0.5) is 17.5 Å². The van der Waals surface area contributed by atoms with Crippen LogP contribution < -0.4 is 10.2 Å². The topological polar surface area (TPSA) is 76.3 Å². The van der Waals surface area contributed by atoms with E-state index in [0.717, 1.165) is 54.0 Å². The summed E-state index contributed by atoms with van der Waals surface area (Å²) in [5.41, 5.74) is 3.05. The van der Waals surface area contributed by atoms with Gasteiger partial charge in [0.1, 0.15) is 5.82 Å². The highest BCUT2D eigenvalue weighted by molar-refractivity contribution is 7.98. The van der Waals surface area contributed by atoms with Crippen LogP contribution in [-0.4, -0.2) is 41.5 Å². The van der Waals surface area contributed by atoms with Crippen molar-refractivity contribution in [2.24, 2.45) is 0 Å². The number of anilines is 3. The minimum Gasteiger partial charge on any atom is -0.403 e. The zero-order chi connectivity index (χ0) is 21.6. The van der Waals surface area contributed by atoms with Gasteiger partial charge in [-0.05, 0) is 42.0 Å². The molecule has 4 aromatic rings. The molecule has 2 aromatic heterocycles. The fourth-order valence-corrected chi connectivity index (χ4v) is 4.46. The third-order valence-corrected chi connectivity index (χ3v) is 6.25. The van der Waals surface area contributed by atoms with E-state index in [-0.39, 0.29) is 0 Å². The monoisotopic (exact) mass is 445 g/mol. The third kappa shape index (κ3) is 4.92. The average molecular weight is 446 g/mol. The van der Waals surface area contributed by atoms with Crippen LogP contribution in [0.25, 0.3) is 11.5 Å². The van der Waals surface area contributed by atoms with Crippen molar-refractivity contribution < 1.29 is 9.15 Å². The lowest BCUT2D eigenvalue weighted by atomic mass is 10.2. The zero-order valence-corrected chi connectivity index (χ0v) is 18.3. The molecule has 1 fully saturated rings. The zero-order valence-electron chi connectivity index (χ0n) is 17.5. The van der Waals surface area contributed by atoms with Gasteiger partial charge in [0.25, 0.3) is 5.89 Å². The Morgan fingerprint density at radius 3 is 2.62 bits per heavy atom. The van der Waals surface area contributed by atoms with Crippen molar-refractivity contribution in [1.82, 2.24) is 15.2 Å². The van der Waals surface area contributed by atoms with E-state index in [9.17, 15) is 0 Å². The number of hydrogen-bond acceptors (Lipinski definition) is 8. The summed E-state index contributed by atoms with van der Waals surface area (Å²) in [5.74, 6) is 2.32. The van der Waals surface area contributed by atoms with E-state index in [1.807, 2.05) is 54.7 Å². The molecule has 1 saturated heterocycles. The van der Waals surface area contributed by atoms with Gasteiger partial charge in [-0.25, -0.2) is 4.98 Å². The number of thioether (sulfide) groups is 1. The first-order chi connectivity index (χ1) is 15.8. The molecular weight excluding hydrogens is 422 g/mol. The molecule has 0 spiro atoms. The summed E-state index contributed by atoms with van der Waals surface area (Å²) in [6, 6.07) is 22.5. The highest BCUT2D eigenvalue weighted by atomic mass is 32.2. The maximum Gasteiger partial charge on any atom is 0.320 e. The molecule has 32 heavy (non-hydrogen) atoms. The van der Waals surface area contributed by atoms with Crippen LogP contribution in [0.2, 0.25) is 0 Å². The quantitative estimate of drug-likeness (QED) is 0.398. The van der Waals surface area contributed by atoms with E-state index in [1.165, 1.54) is 5.56 Å². The van der Waals surface area contributed by atoms with Gasteiger partial charge in [-0.1, -0.05) is 35.4 Å². The molecule has 0 saturated carbocycles. The minimum absolute atomic E-state index is 0.371. The number of hydrogen-bond donors (Lipinski definition) is 1. The first kappa shape index (κ1) is 20.5. The van der Waals surface area contributed by atoms with Crippen LogP contribution in [0.15, 0.2) is 82.2 Å². The van der Waals surface area contributed by atoms with Crippen LogP contribution in [0.5, 0.6) is 0 Å². The molecule has 0 bridgehead atoms. The Bertz CT molecular complexity index is 1160. The van der Waals surface area contributed by atoms with Gasteiger partial charge in [0.2, 0.25) is 0 Å². The number of nitrogens with one attached hydrogen (secondary N) is 1. The SMILES string of the molecule is c1ccc(Nc2nnc(-c3ccccc3SCc3ccnc(N4CCOCC4)c3)o2)cc1. The van der Waals surface area contributed by atoms with Crippen molar-refractivity contribution in [3.8, 4) is 11.5 Å². The highest BCUT2D eigenvalue weighted by Gasteiger charge is 2.15. The first-order valence-electron chi connectivity index (χ1n) is 10.5. The molecule has 0 unspecified atom stereocenters. The van der Waals surface area contributed by atoms with E-state index in [2.05, 4.69) is 43.6 Å². The number of morpholine rings is 1. The van der Waals surface area contributed by atoms with Gasteiger partial charge in [-0.3, -0.25) is 0 Å². The molecule has 162 valence electrons. The fourth-order valence-electron chi connectivity index (χ4n) is 3.47. The molecular formula is C24H23N5O2S. The summed E-state index contributed by atoms with van der Waals surface area (Å²) in [6.07, 6.45) is 1.88. The Hall–Kier alpha value is -3.36. The Balaban J connectivity index is 1.29. The summed E-state index contributed by atoms with van der Waals surface area (Å²) < 4.78 is 11.3. The molecule has 0 aliphatic carbocycles. The van der Waals surface area contributed by atoms with Crippen LogP contribution in [0.3, 0.4) is 0 Å². The van der Waals surface area contributed by atoms with Crippen molar-refractivity contribution in [3.63, 3.8) is 0 Å². The van der Waals surface area contributed by atoms with Gasteiger partial charge >= 0.3 is 6.01 Å². The van der Waals surface area contributed by atoms with Gasteiger partial charge in [-0.15, -0.1) is 16.9 Å². The smallest absolute Gasteiger partial charge is 0.320 e. The molecule has 0 amide bonds. The molecule has 5 rings (SSSR count). The number of nitrogens with zero attached hydrogens (tertiary/aromatic N) is 4. The molecule has 7 nitrogen and oxygen atoms in total. The molecule has 1 aliphatic heterocycles. The van der Waals surface area contributed by atoms with E-state index < -0.39 is 0 Å². The number of benzene rings is 2. The highest BCUT2D eigenvalue weighted by Crippen LogP contribution is 2.34. The van der Waals surface area contributed by atoms with Gasteiger partial charge in [0, 0.05) is 35.6 Å². The Kier molecular flexibility index (Phi) is 6.32. The number of pyridine rings is 1. The lowest BCUT2D eigenvalue weighted by Crippen LogP contribution is -2.36. The minimum atomic E-state index is 0.371. The van der Waals surface area contributed by atoms with Crippen molar-refractivity contribution >= 4 is 29.3 Å². The second-order valence-corrected chi connectivity index (χ2v) is 8.33. The number of para-hydroxylation sites is 1. The molecule has 1 N–H and O–H groups in total. The number of ether oxygens (including phenoxy) is 1. The number of rotatable bonds is 7. The van der Waals surface area contributed by atoms with Crippen LogP contribution >= 0.6 is 11.8 Å². The van der Waals surface area contributed by atoms with Crippen molar-refractivity contribution in [2.45, 2.75) is 10.6 Å². The molecule has 1 aliphatic rings. The molecule has 2 aromatic carbocycles. The third-order valence-electron chi connectivity index (χ3n) is 5.11. The van der Waals surface area contributed by atoms with Crippen molar-refractivity contribution in [3.05, 3.63) is 78.5 Å². The van der Waals surface area contributed by atoms with Gasteiger partial charge in [0.05, 0.1) is 18.8 Å². The predicted octanol–water partition coefficient (Wildman–Crippen LogP) is 5.00. The van der Waals surface area contributed by atoms with Crippen LogP contribution in [0.1, 0.15) is 5.56 Å². The van der Waals surface area contributed by atoms with E-state index in [1.54, 1.807) is 11.8 Å². The first-order valence-corrected chi connectivity index (χ1v) is 11.5. The van der Waals surface area contributed by atoms with E-state index in [0.29, 0.717) is 11.9 Å². The van der Waals surface area contributed by atoms with E-state index >= 15 is 0 Å². The second-order valence-electron chi connectivity index (χ2n) is 7.31. The average Bonchev–Trinajstić information content (AvgIpc) is 3.32. The lowest BCUT2D eigenvalue weighted by Gasteiger charge is -2.28. The molecule has 3 heterocycles. The summed E-state index contributed by atoms with van der Waals surface area (Å²) in [7, 11) is 0. The Morgan fingerprint density at radius 2 is 1.75 bits per heavy atom. The maximum atomic E-state index is 5.89. The Morgan fingerprint density at radius 1 is 0.938 bits per heavy atom. The summed E-state index contributed by atoms with van der Waals surface area (Å²) in [5, 5.41) is 11.5. The lowest BCUT2D eigenvalue weighted by molar-refractivity contribution is 0.122.